The predicted octanol–water partition coefficient (Wildman–Crippen LogP) is 0.684. The normalized spacial score (nSPS) is 10.3. The molecule has 0 aliphatic rings. The molecule has 0 unspecified atom stereocenters. The van der Waals surface area contributed by atoms with E-state index in [0.29, 0.717) is 6.54 Å². The lowest BCUT2D eigenvalue weighted by atomic mass is 10.3. The largest absolute Gasteiger partial charge is 0.330 e. The number of rotatable bonds is 2. The predicted molar refractivity (Wildman–Crippen MR) is 43.7 cm³/mol. The van der Waals surface area contributed by atoms with Crippen molar-refractivity contribution >= 4 is 15.9 Å². The molecule has 0 aliphatic heterocycles. The summed E-state index contributed by atoms with van der Waals surface area (Å²) in [5.41, 5.74) is 6.39. The number of halogens is 1. The molecule has 1 aromatic heterocycles. The van der Waals surface area contributed by atoms with Crippen LogP contribution in [0.25, 0.3) is 0 Å². The van der Waals surface area contributed by atoms with Crippen LogP contribution in [-0.4, -0.2) is 16.3 Å². The lowest BCUT2D eigenvalue weighted by Gasteiger charge is -1.88. The van der Waals surface area contributed by atoms with Crippen molar-refractivity contribution in [3.63, 3.8) is 0 Å². The Bertz CT molecular complexity index is 199. The molecule has 0 atom stereocenters. The van der Waals surface area contributed by atoms with Crippen LogP contribution in [0.2, 0.25) is 0 Å². The van der Waals surface area contributed by atoms with Crippen LogP contribution in [0.15, 0.2) is 10.7 Å². The summed E-state index contributed by atoms with van der Waals surface area (Å²) >= 11 is 3.35. The van der Waals surface area contributed by atoms with Crippen molar-refractivity contribution in [2.45, 2.75) is 6.42 Å². The number of aryl methyl sites for hydroxylation is 1. The first-order chi connectivity index (χ1) is 4.74. The van der Waals surface area contributed by atoms with E-state index in [0.717, 1.165) is 16.7 Å². The van der Waals surface area contributed by atoms with E-state index in [1.165, 1.54) is 0 Å². The molecular weight excluding hydrogens is 194 g/mol. The number of nitrogens with two attached hydrogens (primary N) is 1. The Hall–Kier alpha value is -0.350. The molecule has 3 nitrogen and oxygen atoms in total. The molecule has 0 aliphatic carbocycles. The van der Waals surface area contributed by atoms with E-state index in [-0.39, 0.29) is 0 Å². The highest BCUT2D eigenvalue weighted by molar-refractivity contribution is 9.10. The second-order valence-electron chi connectivity index (χ2n) is 2.12. The molecule has 0 radical (unpaired) electrons. The molecule has 1 rings (SSSR count). The molecule has 56 valence electrons. The minimum Gasteiger partial charge on any atom is -0.330 e. The first-order valence-corrected chi connectivity index (χ1v) is 3.92. The fraction of sp³-hybridized carbons (Fsp3) is 0.500. The summed E-state index contributed by atoms with van der Waals surface area (Å²) in [6.07, 6.45) is 0.847. The zero-order valence-corrected chi connectivity index (χ0v) is 7.43. The maximum Gasteiger partial charge on any atom is 0.104 e. The van der Waals surface area contributed by atoms with Crippen molar-refractivity contribution in [2.75, 3.05) is 6.54 Å². The molecular formula is C6H10BrN3. The first-order valence-electron chi connectivity index (χ1n) is 3.12. The Morgan fingerprint density at radius 1 is 1.80 bits per heavy atom. The summed E-state index contributed by atoms with van der Waals surface area (Å²) in [6.45, 7) is 0.656. The lowest BCUT2D eigenvalue weighted by molar-refractivity contribution is 0.725. The van der Waals surface area contributed by atoms with Crippen LogP contribution in [0.1, 0.15) is 5.69 Å². The SMILES string of the molecule is Cn1nc(CCN)cc1Br. The van der Waals surface area contributed by atoms with E-state index in [2.05, 4.69) is 21.0 Å². The Balaban J connectivity index is 2.77. The molecule has 1 aromatic rings. The maximum absolute atomic E-state index is 5.36. The van der Waals surface area contributed by atoms with E-state index in [9.17, 15) is 0 Å². The van der Waals surface area contributed by atoms with Gasteiger partial charge in [-0.3, -0.25) is 4.68 Å². The number of nitrogens with zero attached hydrogens (tertiary/aromatic N) is 2. The Morgan fingerprint density at radius 3 is 2.90 bits per heavy atom. The van der Waals surface area contributed by atoms with Gasteiger partial charge in [-0.1, -0.05) is 0 Å². The summed E-state index contributed by atoms with van der Waals surface area (Å²) < 4.78 is 2.78. The lowest BCUT2D eigenvalue weighted by Crippen LogP contribution is -2.03. The molecule has 0 aromatic carbocycles. The number of hydrogen-bond donors (Lipinski definition) is 1. The Labute approximate surface area is 68.3 Å². The summed E-state index contributed by atoms with van der Waals surface area (Å²) in [6, 6.07) is 1.98. The molecule has 0 bridgehead atoms. The van der Waals surface area contributed by atoms with Gasteiger partial charge in [0.1, 0.15) is 4.60 Å². The average molecular weight is 204 g/mol. The molecule has 0 spiro atoms. The fourth-order valence-electron chi connectivity index (χ4n) is 0.770. The van der Waals surface area contributed by atoms with Crippen LogP contribution < -0.4 is 5.73 Å². The van der Waals surface area contributed by atoms with Crippen LogP contribution in [-0.2, 0) is 13.5 Å². The quantitative estimate of drug-likeness (QED) is 0.769. The second kappa shape index (κ2) is 3.16. The molecule has 0 saturated heterocycles. The van der Waals surface area contributed by atoms with Crippen molar-refractivity contribution in [1.82, 2.24) is 9.78 Å². The standard InChI is InChI=1S/C6H10BrN3/c1-10-6(7)4-5(9-10)2-3-8/h4H,2-3,8H2,1H3. The van der Waals surface area contributed by atoms with Gasteiger partial charge in [0.25, 0.3) is 0 Å². The van der Waals surface area contributed by atoms with Crippen molar-refractivity contribution < 1.29 is 0 Å². The monoisotopic (exact) mass is 203 g/mol. The first kappa shape index (κ1) is 7.75. The van der Waals surface area contributed by atoms with Crippen molar-refractivity contribution in [3.8, 4) is 0 Å². The molecule has 0 amide bonds. The Kier molecular flexibility index (Phi) is 2.45. The molecule has 10 heavy (non-hydrogen) atoms. The molecule has 1 heterocycles. The minimum absolute atomic E-state index is 0.656. The van der Waals surface area contributed by atoms with Gasteiger partial charge in [-0.2, -0.15) is 5.10 Å². The Morgan fingerprint density at radius 2 is 2.50 bits per heavy atom. The van der Waals surface area contributed by atoms with Crippen LogP contribution in [0.5, 0.6) is 0 Å². The van der Waals surface area contributed by atoms with Crippen molar-refractivity contribution in [2.24, 2.45) is 12.8 Å². The van der Waals surface area contributed by atoms with E-state index < -0.39 is 0 Å². The van der Waals surface area contributed by atoms with Crippen LogP contribution in [0, 0.1) is 0 Å². The van der Waals surface area contributed by atoms with Crippen molar-refractivity contribution in [1.29, 1.82) is 0 Å². The fourth-order valence-corrected chi connectivity index (χ4v) is 1.11. The third kappa shape index (κ3) is 1.58. The molecule has 0 saturated carbocycles. The maximum atomic E-state index is 5.36. The zero-order chi connectivity index (χ0) is 7.56. The summed E-state index contributed by atoms with van der Waals surface area (Å²) in [5.74, 6) is 0. The highest BCUT2D eigenvalue weighted by Gasteiger charge is 1.99. The summed E-state index contributed by atoms with van der Waals surface area (Å²) in [5, 5.41) is 4.19. The molecule has 4 heteroatoms. The van der Waals surface area contributed by atoms with Gasteiger partial charge in [-0.05, 0) is 28.5 Å². The van der Waals surface area contributed by atoms with Crippen LogP contribution in [0.4, 0.5) is 0 Å². The van der Waals surface area contributed by atoms with Gasteiger partial charge in [-0.15, -0.1) is 0 Å². The van der Waals surface area contributed by atoms with Crippen molar-refractivity contribution in [3.05, 3.63) is 16.4 Å². The average Bonchev–Trinajstić information content (AvgIpc) is 2.14. The van der Waals surface area contributed by atoms with Gasteiger partial charge in [0.2, 0.25) is 0 Å². The second-order valence-corrected chi connectivity index (χ2v) is 2.93. The van der Waals surface area contributed by atoms with Gasteiger partial charge in [0.05, 0.1) is 5.69 Å². The van der Waals surface area contributed by atoms with Crippen LogP contribution >= 0.6 is 15.9 Å². The summed E-state index contributed by atoms with van der Waals surface area (Å²) in [4.78, 5) is 0. The number of aromatic nitrogens is 2. The van der Waals surface area contributed by atoms with E-state index in [1.54, 1.807) is 4.68 Å². The topological polar surface area (TPSA) is 43.8 Å². The molecule has 2 N–H and O–H groups in total. The van der Waals surface area contributed by atoms with Gasteiger partial charge in [0.15, 0.2) is 0 Å². The van der Waals surface area contributed by atoms with Crippen LogP contribution in [0.3, 0.4) is 0 Å². The zero-order valence-electron chi connectivity index (χ0n) is 5.84. The van der Waals surface area contributed by atoms with Gasteiger partial charge in [-0.25, -0.2) is 0 Å². The number of hydrogen-bond acceptors (Lipinski definition) is 2. The third-order valence-electron chi connectivity index (χ3n) is 1.27. The smallest absolute Gasteiger partial charge is 0.104 e. The summed E-state index contributed by atoms with van der Waals surface area (Å²) in [7, 11) is 1.89. The highest BCUT2D eigenvalue weighted by Crippen LogP contribution is 2.09. The van der Waals surface area contributed by atoms with E-state index >= 15 is 0 Å². The van der Waals surface area contributed by atoms with E-state index in [1.807, 2.05) is 13.1 Å². The minimum atomic E-state index is 0.656. The third-order valence-corrected chi connectivity index (χ3v) is 2.02. The van der Waals surface area contributed by atoms with Gasteiger partial charge >= 0.3 is 0 Å². The van der Waals surface area contributed by atoms with E-state index in [4.69, 9.17) is 5.73 Å². The molecule has 0 fully saturated rings. The highest BCUT2D eigenvalue weighted by atomic mass is 79.9. The van der Waals surface area contributed by atoms with Gasteiger partial charge < -0.3 is 5.73 Å². The van der Waals surface area contributed by atoms with Gasteiger partial charge in [0, 0.05) is 13.5 Å².